The Morgan fingerprint density at radius 1 is 1.17 bits per heavy atom. The van der Waals surface area contributed by atoms with Crippen molar-refractivity contribution in [2.24, 2.45) is 7.05 Å². The third-order valence-electron chi connectivity index (χ3n) is 3.99. The average molecular weight is 328 g/mol. The molecule has 0 radical (unpaired) electrons. The van der Waals surface area contributed by atoms with Crippen LogP contribution in [-0.2, 0) is 7.05 Å². The summed E-state index contributed by atoms with van der Waals surface area (Å²) < 4.78 is 3.16. The summed E-state index contributed by atoms with van der Waals surface area (Å²) in [5, 5.41) is 22.6. The van der Waals surface area contributed by atoms with Gasteiger partial charge in [0.2, 0.25) is 0 Å². The molecule has 0 saturated carbocycles. The predicted octanol–water partition coefficient (Wildman–Crippen LogP) is -0.393. The number of urea groups is 1. The van der Waals surface area contributed by atoms with E-state index < -0.39 is 0 Å². The van der Waals surface area contributed by atoms with Gasteiger partial charge in [0.25, 0.3) is 0 Å². The first-order chi connectivity index (χ1) is 11.7. The molecule has 0 spiro atoms. The lowest BCUT2D eigenvalue weighted by atomic mass is 10.3. The molecule has 2 amide bonds. The van der Waals surface area contributed by atoms with E-state index in [1.165, 1.54) is 10.9 Å². The topological polar surface area (TPSA) is 109 Å². The normalized spacial score (nSPS) is 15.0. The third kappa shape index (κ3) is 2.59. The molecular formula is C13H16N10O. The maximum atomic E-state index is 12.3. The Labute approximate surface area is 136 Å². The van der Waals surface area contributed by atoms with Gasteiger partial charge in [0.05, 0.1) is 6.20 Å². The molecule has 0 aromatic carbocycles. The van der Waals surface area contributed by atoms with Crippen LogP contribution in [0, 0.1) is 0 Å². The number of hydrogen-bond donors (Lipinski definition) is 1. The Kier molecular flexibility index (Phi) is 3.44. The zero-order valence-electron chi connectivity index (χ0n) is 13.1. The van der Waals surface area contributed by atoms with Crippen molar-refractivity contribution in [3.8, 4) is 0 Å². The minimum absolute atomic E-state index is 0.151. The molecular weight excluding hydrogens is 312 g/mol. The number of nitrogens with zero attached hydrogens (tertiary/aromatic N) is 9. The van der Waals surface area contributed by atoms with Gasteiger partial charge in [-0.25, -0.2) is 9.48 Å². The number of anilines is 2. The van der Waals surface area contributed by atoms with Crippen LogP contribution in [0.3, 0.4) is 0 Å². The Morgan fingerprint density at radius 3 is 2.75 bits per heavy atom. The van der Waals surface area contributed by atoms with Gasteiger partial charge in [-0.1, -0.05) is 5.21 Å². The summed E-state index contributed by atoms with van der Waals surface area (Å²) in [7, 11) is 1.73. The van der Waals surface area contributed by atoms with E-state index in [2.05, 4.69) is 35.8 Å². The Bertz CT molecular complexity index is 862. The molecule has 1 aliphatic heterocycles. The van der Waals surface area contributed by atoms with Crippen LogP contribution in [0.1, 0.15) is 0 Å². The van der Waals surface area contributed by atoms with E-state index in [9.17, 15) is 4.79 Å². The maximum absolute atomic E-state index is 12.3. The molecule has 4 rings (SSSR count). The highest BCUT2D eigenvalue weighted by molar-refractivity contribution is 5.88. The number of aryl methyl sites for hydroxylation is 1. The highest BCUT2D eigenvalue weighted by atomic mass is 16.2. The first-order valence-electron chi connectivity index (χ1n) is 7.53. The minimum atomic E-state index is -0.151. The van der Waals surface area contributed by atoms with E-state index in [1.54, 1.807) is 22.8 Å². The van der Waals surface area contributed by atoms with Crippen molar-refractivity contribution >= 4 is 23.3 Å². The van der Waals surface area contributed by atoms with Crippen molar-refractivity contribution in [3.05, 3.63) is 24.7 Å². The number of rotatable bonds is 2. The Balaban J connectivity index is 1.39. The van der Waals surface area contributed by atoms with Crippen LogP contribution < -0.4 is 10.2 Å². The number of piperazine rings is 1. The lowest BCUT2D eigenvalue weighted by Gasteiger charge is -2.35. The number of amides is 2. The molecule has 3 aromatic rings. The second-order valence-electron chi connectivity index (χ2n) is 5.47. The molecule has 0 atom stereocenters. The first kappa shape index (κ1) is 14.4. The molecule has 1 fully saturated rings. The van der Waals surface area contributed by atoms with E-state index in [0.29, 0.717) is 37.6 Å². The summed E-state index contributed by atoms with van der Waals surface area (Å²) >= 11 is 0. The van der Waals surface area contributed by atoms with Crippen molar-refractivity contribution in [1.29, 1.82) is 0 Å². The van der Waals surface area contributed by atoms with Gasteiger partial charge in [-0.05, 0) is 12.1 Å². The van der Waals surface area contributed by atoms with Gasteiger partial charge >= 0.3 is 6.03 Å². The van der Waals surface area contributed by atoms with Gasteiger partial charge in [0.1, 0.15) is 12.1 Å². The zero-order valence-corrected chi connectivity index (χ0v) is 13.1. The van der Waals surface area contributed by atoms with E-state index in [-0.39, 0.29) is 6.03 Å². The number of hydrogen-bond acceptors (Lipinski definition) is 7. The molecule has 0 aliphatic carbocycles. The van der Waals surface area contributed by atoms with Crippen LogP contribution in [0.15, 0.2) is 24.7 Å². The molecule has 11 heteroatoms. The second kappa shape index (κ2) is 5.76. The maximum Gasteiger partial charge on any atom is 0.323 e. The van der Waals surface area contributed by atoms with E-state index in [1.807, 2.05) is 12.1 Å². The molecule has 11 nitrogen and oxygen atoms in total. The molecule has 1 aliphatic rings. The van der Waals surface area contributed by atoms with Gasteiger partial charge in [-0.15, -0.1) is 20.4 Å². The van der Waals surface area contributed by atoms with Crippen molar-refractivity contribution < 1.29 is 4.79 Å². The molecule has 3 aromatic heterocycles. The summed E-state index contributed by atoms with van der Waals surface area (Å²) in [4.78, 5) is 16.2. The van der Waals surface area contributed by atoms with Gasteiger partial charge in [0.15, 0.2) is 11.5 Å². The lowest BCUT2D eigenvalue weighted by Crippen LogP contribution is -2.50. The second-order valence-corrected chi connectivity index (χ2v) is 5.47. The largest absolute Gasteiger partial charge is 0.352 e. The minimum Gasteiger partial charge on any atom is -0.352 e. The summed E-state index contributed by atoms with van der Waals surface area (Å²) in [6, 6.07) is 3.65. The Morgan fingerprint density at radius 2 is 2.00 bits per heavy atom. The summed E-state index contributed by atoms with van der Waals surface area (Å²) in [5.74, 6) is 1.42. The van der Waals surface area contributed by atoms with Crippen LogP contribution >= 0.6 is 0 Å². The highest BCUT2D eigenvalue weighted by Gasteiger charge is 2.23. The Hall–Kier alpha value is -3.24. The number of carbonyl (C=O) groups excluding carboxylic acids is 1. The highest BCUT2D eigenvalue weighted by Crippen LogP contribution is 2.14. The number of carbonyl (C=O) groups is 1. The SMILES string of the molecule is Cn1nncc1NC(=O)N1CCN(c2ccc3nncn3n2)CC1. The summed E-state index contributed by atoms with van der Waals surface area (Å²) in [6.07, 6.45) is 3.09. The first-order valence-corrected chi connectivity index (χ1v) is 7.53. The standard InChI is InChI=1S/C13H16N10O/c1-20-12(8-14-19-20)16-13(24)22-6-4-21(5-7-22)11-3-2-10-17-15-9-23(10)18-11/h2-3,8-9H,4-7H2,1H3,(H,16,24). The fourth-order valence-electron chi connectivity index (χ4n) is 2.62. The molecule has 0 unspecified atom stereocenters. The van der Waals surface area contributed by atoms with E-state index in [4.69, 9.17) is 0 Å². The molecule has 24 heavy (non-hydrogen) atoms. The van der Waals surface area contributed by atoms with Crippen molar-refractivity contribution in [3.63, 3.8) is 0 Å². The van der Waals surface area contributed by atoms with Crippen molar-refractivity contribution in [2.45, 2.75) is 0 Å². The monoisotopic (exact) mass is 328 g/mol. The van der Waals surface area contributed by atoms with Crippen LogP contribution in [-0.4, -0.2) is 71.9 Å². The third-order valence-corrected chi connectivity index (χ3v) is 3.99. The van der Waals surface area contributed by atoms with Gasteiger partial charge in [-0.3, -0.25) is 5.32 Å². The van der Waals surface area contributed by atoms with Crippen LogP contribution in [0.25, 0.3) is 5.65 Å². The molecule has 1 saturated heterocycles. The van der Waals surface area contributed by atoms with Crippen molar-refractivity contribution in [2.75, 3.05) is 36.4 Å². The van der Waals surface area contributed by atoms with Gasteiger partial charge in [-0.2, -0.15) is 4.52 Å². The van der Waals surface area contributed by atoms with Crippen LogP contribution in [0.5, 0.6) is 0 Å². The lowest BCUT2D eigenvalue weighted by molar-refractivity contribution is 0.208. The number of nitrogens with one attached hydrogen (secondary N) is 1. The fraction of sp³-hybridized carbons (Fsp3) is 0.385. The van der Waals surface area contributed by atoms with Gasteiger partial charge in [0, 0.05) is 33.2 Å². The number of aromatic nitrogens is 7. The quantitative estimate of drug-likeness (QED) is 0.682. The van der Waals surface area contributed by atoms with Gasteiger partial charge < -0.3 is 9.80 Å². The number of fused-ring (bicyclic) bond motifs is 1. The van der Waals surface area contributed by atoms with Crippen LogP contribution in [0.4, 0.5) is 16.4 Å². The average Bonchev–Trinajstić information content (AvgIpc) is 3.23. The molecule has 4 heterocycles. The fourth-order valence-corrected chi connectivity index (χ4v) is 2.62. The summed E-state index contributed by atoms with van der Waals surface area (Å²) in [5.41, 5.74) is 0.710. The summed E-state index contributed by atoms with van der Waals surface area (Å²) in [6.45, 7) is 2.63. The van der Waals surface area contributed by atoms with Crippen molar-refractivity contribution in [1.82, 2.24) is 39.7 Å². The molecule has 124 valence electrons. The smallest absolute Gasteiger partial charge is 0.323 e. The van der Waals surface area contributed by atoms with E-state index >= 15 is 0 Å². The molecule has 1 N–H and O–H groups in total. The van der Waals surface area contributed by atoms with E-state index in [0.717, 1.165) is 5.82 Å². The zero-order chi connectivity index (χ0) is 16.5. The molecule has 0 bridgehead atoms. The predicted molar refractivity (Wildman–Crippen MR) is 84.6 cm³/mol. The van der Waals surface area contributed by atoms with Crippen LogP contribution in [0.2, 0.25) is 0 Å².